The molecule has 1 fully saturated rings. The van der Waals surface area contributed by atoms with Gasteiger partial charge in [-0.2, -0.15) is 0 Å². The van der Waals surface area contributed by atoms with Crippen LogP contribution in [-0.2, 0) is 13.1 Å². The van der Waals surface area contributed by atoms with Gasteiger partial charge in [-0.1, -0.05) is 18.6 Å². The quantitative estimate of drug-likeness (QED) is 0.829. The SMILES string of the molecule is CCn1c(CNCCN2CCCCC2)nc2ccccc21. The molecule has 1 aliphatic rings. The number of aromatic nitrogens is 2. The molecule has 114 valence electrons. The van der Waals surface area contributed by atoms with Gasteiger partial charge in [0.2, 0.25) is 0 Å². The number of aryl methyl sites for hydroxylation is 1. The topological polar surface area (TPSA) is 33.1 Å². The largest absolute Gasteiger partial charge is 0.327 e. The fourth-order valence-corrected chi connectivity index (χ4v) is 3.23. The molecular formula is C17H26N4. The highest BCUT2D eigenvalue weighted by Crippen LogP contribution is 2.15. The first-order valence-corrected chi connectivity index (χ1v) is 8.25. The van der Waals surface area contributed by atoms with Crippen molar-refractivity contribution in [3.63, 3.8) is 0 Å². The molecule has 0 bridgehead atoms. The van der Waals surface area contributed by atoms with Crippen LogP contribution in [0, 0.1) is 0 Å². The number of para-hydroxylation sites is 2. The average molecular weight is 286 g/mol. The normalized spacial score (nSPS) is 16.6. The summed E-state index contributed by atoms with van der Waals surface area (Å²) in [6.45, 7) is 8.77. The number of benzene rings is 1. The summed E-state index contributed by atoms with van der Waals surface area (Å²) in [5, 5.41) is 3.56. The zero-order chi connectivity index (χ0) is 14.5. The van der Waals surface area contributed by atoms with E-state index in [0.29, 0.717) is 0 Å². The van der Waals surface area contributed by atoms with Gasteiger partial charge in [0.15, 0.2) is 0 Å². The molecule has 0 amide bonds. The molecule has 0 spiro atoms. The van der Waals surface area contributed by atoms with Gasteiger partial charge in [0, 0.05) is 19.6 Å². The second-order valence-electron chi connectivity index (χ2n) is 5.84. The summed E-state index contributed by atoms with van der Waals surface area (Å²) >= 11 is 0. The van der Waals surface area contributed by atoms with E-state index in [-0.39, 0.29) is 0 Å². The highest BCUT2D eigenvalue weighted by atomic mass is 15.2. The molecule has 2 aromatic rings. The molecule has 3 rings (SSSR count). The number of nitrogens with one attached hydrogen (secondary N) is 1. The molecule has 1 saturated heterocycles. The number of fused-ring (bicyclic) bond motifs is 1. The number of likely N-dealkylation sites (tertiary alicyclic amines) is 1. The van der Waals surface area contributed by atoms with E-state index in [1.165, 1.54) is 37.9 Å². The predicted octanol–water partition coefficient (Wildman–Crippen LogP) is 2.63. The van der Waals surface area contributed by atoms with Crippen molar-refractivity contribution in [2.75, 3.05) is 26.2 Å². The summed E-state index contributed by atoms with van der Waals surface area (Å²) in [5.41, 5.74) is 2.35. The smallest absolute Gasteiger partial charge is 0.123 e. The van der Waals surface area contributed by atoms with Crippen LogP contribution in [0.4, 0.5) is 0 Å². The Kier molecular flexibility index (Phi) is 4.88. The van der Waals surface area contributed by atoms with Crippen molar-refractivity contribution in [3.8, 4) is 0 Å². The number of hydrogen-bond acceptors (Lipinski definition) is 3. The third kappa shape index (κ3) is 3.44. The highest BCUT2D eigenvalue weighted by molar-refractivity contribution is 5.75. The molecule has 0 atom stereocenters. The van der Waals surface area contributed by atoms with Gasteiger partial charge in [0.25, 0.3) is 0 Å². The molecule has 1 aromatic heterocycles. The monoisotopic (exact) mass is 286 g/mol. The van der Waals surface area contributed by atoms with Crippen LogP contribution in [0.5, 0.6) is 0 Å². The molecule has 1 N–H and O–H groups in total. The van der Waals surface area contributed by atoms with Gasteiger partial charge in [-0.3, -0.25) is 0 Å². The molecule has 0 radical (unpaired) electrons. The van der Waals surface area contributed by atoms with Crippen molar-refractivity contribution in [2.45, 2.75) is 39.3 Å². The molecule has 21 heavy (non-hydrogen) atoms. The van der Waals surface area contributed by atoms with E-state index in [1.807, 2.05) is 0 Å². The lowest BCUT2D eigenvalue weighted by atomic mass is 10.1. The maximum Gasteiger partial charge on any atom is 0.123 e. The van der Waals surface area contributed by atoms with E-state index in [9.17, 15) is 0 Å². The standard InChI is InChI=1S/C17H26N4/c1-2-21-16-9-5-4-8-15(16)19-17(21)14-18-10-13-20-11-6-3-7-12-20/h4-5,8-9,18H,2-3,6-7,10-14H2,1H3. The summed E-state index contributed by atoms with van der Waals surface area (Å²) in [6, 6.07) is 8.40. The lowest BCUT2D eigenvalue weighted by molar-refractivity contribution is 0.228. The minimum atomic E-state index is 0.858. The van der Waals surface area contributed by atoms with Crippen molar-refractivity contribution < 1.29 is 0 Å². The van der Waals surface area contributed by atoms with E-state index in [1.54, 1.807) is 0 Å². The third-order valence-corrected chi connectivity index (χ3v) is 4.39. The van der Waals surface area contributed by atoms with E-state index in [0.717, 1.165) is 37.5 Å². The molecule has 4 heteroatoms. The van der Waals surface area contributed by atoms with Crippen LogP contribution in [0.15, 0.2) is 24.3 Å². The number of hydrogen-bond donors (Lipinski definition) is 1. The molecule has 2 heterocycles. The van der Waals surface area contributed by atoms with Gasteiger partial charge < -0.3 is 14.8 Å². The van der Waals surface area contributed by atoms with Gasteiger partial charge in [0.05, 0.1) is 17.6 Å². The Morgan fingerprint density at radius 3 is 2.76 bits per heavy atom. The molecule has 0 aliphatic carbocycles. The van der Waals surface area contributed by atoms with Gasteiger partial charge in [0.1, 0.15) is 5.82 Å². The summed E-state index contributed by atoms with van der Waals surface area (Å²) in [7, 11) is 0. The summed E-state index contributed by atoms with van der Waals surface area (Å²) in [4.78, 5) is 7.32. The first kappa shape index (κ1) is 14.5. The number of imidazole rings is 1. The molecule has 1 aromatic carbocycles. The Hall–Kier alpha value is -1.39. The van der Waals surface area contributed by atoms with Gasteiger partial charge in [-0.25, -0.2) is 4.98 Å². The fourth-order valence-electron chi connectivity index (χ4n) is 3.23. The molecule has 0 saturated carbocycles. The van der Waals surface area contributed by atoms with Crippen molar-refractivity contribution in [1.82, 2.24) is 19.8 Å². The zero-order valence-electron chi connectivity index (χ0n) is 13.0. The first-order chi connectivity index (χ1) is 10.4. The number of piperidine rings is 1. The Balaban J connectivity index is 1.55. The van der Waals surface area contributed by atoms with Crippen molar-refractivity contribution in [2.24, 2.45) is 0 Å². The Labute approximate surface area is 127 Å². The van der Waals surface area contributed by atoms with Crippen LogP contribution in [0.1, 0.15) is 32.0 Å². The third-order valence-electron chi connectivity index (χ3n) is 4.39. The Morgan fingerprint density at radius 2 is 1.95 bits per heavy atom. The average Bonchev–Trinajstić information content (AvgIpc) is 2.90. The molecule has 4 nitrogen and oxygen atoms in total. The summed E-state index contributed by atoms with van der Waals surface area (Å²) in [5.74, 6) is 1.15. The Bertz CT molecular complexity index is 569. The highest BCUT2D eigenvalue weighted by Gasteiger charge is 2.10. The summed E-state index contributed by atoms with van der Waals surface area (Å²) < 4.78 is 2.31. The number of rotatable bonds is 6. The molecule has 1 aliphatic heterocycles. The van der Waals surface area contributed by atoms with E-state index in [2.05, 4.69) is 46.0 Å². The van der Waals surface area contributed by atoms with Crippen molar-refractivity contribution in [3.05, 3.63) is 30.1 Å². The van der Waals surface area contributed by atoms with E-state index >= 15 is 0 Å². The lowest BCUT2D eigenvalue weighted by Crippen LogP contribution is -2.35. The number of nitrogens with zero attached hydrogens (tertiary/aromatic N) is 3. The van der Waals surface area contributed by atoms with Crippen LogP contribution < -0.4 is 5.32 Å². The second kappa shape index (κ2) is 7.05. The van der Waals surface area contributed by atoms with Gasteiger partial charge in [-0.15, -0.1) is 0 Å². The van der Waals surface area contributed by atoms with E-state index in [4.69, 9.17) is 4.98 Å². The van der Waals surface area contributed by atoms with Crippen molar-refractivity contribution >= 4 is 11.0 Å². The van der Waals surface area contributed by atoms with Crippen LogP contribution in [0.2, 0.25) is 0 Å². The van der Waals surface area contributed by atoms with Crippen LogP contribution in [0.3, 0.4) is 0 Å². The lowest BCUT2D eigenvalue weighted by Gasteiger charge is -2.26. The Morgan fingerprint density at radius 1 is 1.14 bits per heavy atom. The second-order valence-corrected chi connectivity index (χ2v) is 5.84. The van der Waals surface area contributed by atoms with Crippen LogP contribution in [0.25, 0.3) is 11.0 Å². The predicted molar refractivity (Wildman–Crippen MR) is 87.4 cm³/mol. The van der Waals surface area contributed by atoms with Gasteiger partial charge in [-0.05, 0) is 45.0 Å². The van der Waals surface area contributed by atoms with Crippen LogP contribution in [-0.4, -0.2) is 40.6 Å². The van der Waals surface area contributed by atoms with Crippen LogP contribution >= 0.6 is 0 Å². The maximum absolute atomic E-state index is 4.75. The summed E-state index contributed by atoms with van der Waals surface area (Å²) in [6.07, 6.45) is 4.14. The maximum atomic E-state index is 4.75. The first-order valence-electron chi connectivity index (χ1n) is 8.25. The molecule has 0 unspecified atom stereocenters. The minimum absolute atomic E-state index is 0.858. The minimum Gasteiger partial charge on any atom is -0.327 e. The van der Waals surface area contributed by atoms with E-state index < -0.39 is 0 Å². The van der Waals surface area contributed by atoms with Gasteiger partial charge >= 0.3 is 0 Å². The fraction of sp³-hybridized carbons (Fsp3) is 0.588. The zero-order valence-corrected chi connectivity index (χ0v) is 13.0. The molecular weight excluding hydrogens is 260 g/mol. The van der Waals surface area contributed by atoms with Crippen molar-refractivity contribution in [1.29, 1.82) is 0 Å².